The molecule has 2 aromatic rings. The lowest BCUT2D eigenvalue weighted by Gasteiger charge is -2.32. The lowest BCUT2D eigenvalue weighted by Crippen LogP contribution is -2.43. The summed E-state index contributed by atoms with van der Waals surface area (Å²) in [6, 6.07) is 3.46. The van der Waals surface area contributed by atoms with Crippen LogP contribution in [0.3, 0.4) is 0 Å². The van der Waals surface area contributed by atoms with Crippen molar-refractivity contribution >= 4 is 21.6 Å². The standard InChI is InChI=1S/C15H14F3N3O5S/c16-15(17,18)27(23,24)26-11-2-1-5-21-13(22)6-12(19-14(11)21)20-7-9-3-4-10(8-20)25-9/h1-2,5-6,9-10H,3-4,7-8H2. The van der Waals surface area contributed by atoms with Crippen LogP contribution in [-0.4, -0.2) is 48.6 Å². The Morgan fingerprint density at radius 1 is 1.22 bits per heavy atom. The fourth-order valence-corrected chi connectivity index (χ4v) is 3.74. The Morgan fingerprint density at radius 2 is 1.89 bits per heavy atom. The van der Waals surface area contributed by atoms with E-state index in [4.69, 9.17) is 4.74 Å². The van der Waals surface area contributed by atoms with Gasteiger partial charge in [0, 0.05) is 25.4 Å². The molecule has 2 aliphatic heterocycles. The Morgan fingerprint density at radius 3 is 2.52 bits per heavy atom. The van der Waals surface area contributed by atoms with Crippen molar-refractivity contribution in [2.45, 2.75) is 30.6 Å². The first-order chi connectivity index (χ1) is 12.6. The molecule has 2 bridgehead atoms. The van der Waals surface area contributed by atoms with Crippen molar-refractivity contribution in [2.75, 3.05) is 18.0 Å². The summed E-state index contributed by atoms with van der Waals surface area (Å²) in [7, 11) is -5.89. The van der Waals surface area contributed by atoms with Crippen LogP contribution in [0.25, 0.3) is 5.65 Å². The van der Waals surface area contributed by atoms with E-state index in [-0.39, 0.29) is 23.7 Å². The molecule has 4 rings (SSSR count). The van der Waals surface area contributed by atoms with Gasteiger partial charge in [-0.2, -0.15) is 21.6 Å². The highest BCUT2D eigenvalue weighted by atomic mass is 32.2. The Labute approximate surface area is 151 Å². The number of hydrogen-bond acceptors (Lipinski definition) is 7. The van der Waals surface area contributed by atoms with Crippen LogP contribution in [0.5, 0.6) is 5.75 Å². The van der Waals surface area contributed by atoms with Gasteiger partial charge >= 0.3 is 15.6 Å². The highest BCUT2D eigenvalue weighted by molar-refractivity contribution is 7.88. The van der Waals surface area contributed by atoms with Crippen molar-refractivity contribution < 1.29 is 30.5 Å². The van der Waals surface area contributed by atoms with E-state index in [1.807, 2.05) is 4.90 Å². The van der Waals surface area contributed by atoms with Crippen molar-refractivity contribution in [3.8, 4) is 5.75 Å². The number of hydrogen-bond donors (Lipinski definition) is 0. The highest BCUT2D eigenvalue weighted by Crippen LogP contribution is 2.31. The molecular formula is C15H14F3N3O5S. The molecule has 2 atom stereocenters. The van der Waals surface area contributed by atoms with Crippen LogP contribution in [0.1, 0.15) is 12.8 Å². The number of rotatable bonds is 3. The fourth-order valence-electron chi connectivity index (χ4n) is 3.28. The lowest BCUT2D eigenvalue weighted by molar-refractivity contribution is -0.0499. The average molecular weight is 405 g/mol. The molecule has 0 radical (unpaired) electrons. The summed E-state index contributed by atoms with van der Waals surface area (Å²) in [6.45, 7) is 0.978. The van der Waals surface area contributed by atoms with E-state index >= 15 is 0 Å². The molecule has 0 saturated carbocycles. The van der Waals surface area contributed by atoms with Gasteiger partial charge in [0.25, 0.3) is 5.56 Å². The molecule has 2 unspecified atom stereocenters. The van der Waals surface area contributed by atoms with Crippen molar-refractivity contribution in [1.29, 1.82) is 0 Å². The predicted molar refractivity (Wildman–Crippen MR) is 87.2 cm³/mol. The van der Waals surface area contributed by atoms with Gasteiger partial charge in [-0.3, -0.25) is 9.20 Å². The molecule has 0 aliphatic carbocycles. The molecule has 2 aliphatic rings. The maximum absolute atomic E-state index is 12.6. The second kappa shape index (κ2) is 6.09. The van der Waals surface area contributed by atoms with Crippen LogP contribution < -0.4 is 14.6 Å². The zero-order valence-electron chi connectivity index (χ0n) is 13.7. The van der Waals surface area contributed by atoms with Crippen molar-refractivity contribution in [1.82, 2.24) is 9.38 Å². The molecule has 4 heterocycles. The lowest BCUT2D eigenvalue weighted by atomic mass is 10.2. The van der Waals surface area contributed by atoms with Crippen LogP contribution in [0, 0.1) is 0 Å². The van der Waals surface area contributed by atoms with Crippen molar-refractivity contribution in [3.05, 3.63) is 34.7 Å². The molecule has 0 aromatic carbocycles. The summed E-state index contributed by atoms with van der Waals surface area (Å²) in [5, 5.41) is 0. The summed E-state index contributed by atoms with van der Waals surface area (Å²) in [4.78, 5) is 18.4. The van der Waals surface area contributed by atoms with Gasteiger partial charge in [0.15, 0.2) is 11.4 Å². The minimum absolute atomic E-state index is 0.00102. The minimum Gasteiger partial charge on any atom is -0.372 e. The van der Waals surface area contributed by atoms with Gasteiger partial charge in [0.2, 0.25) is 0 Å². The quantitative estimate of drug-likeness (QED) is 0.562. The zero-order chi connectivity index (χ0) is 19.4. The molecule has 12 heteroatoms. The molecule has 146 valence electrons. The maximum Gasteiger partial charge on any atom is 0.534 e. The molecule has 2 saturated heterocycles. The SMILES string of the molecule is O=c1cc(N2CC3CCC(C2)O3)nc2c(OS(=O)(=O)C(F)(F)F)cccn12. The minimum atomic E-state index is -5.89. The third-order valence-electron chi connectivity index (χ3n) is 4.49. The molecular weight excluding hydrogens is 391 g/mol. The van der Waals surface area contributed by atoms with Gasteiger partial charge in [0.1, 0.15) is 5.82 Å². The van der Waals surface area contributed by atoms with Crippen molar-refractivity contribution in [3.63, 3.8) is 0 Å². The number of fused-ring (bicyclic) bond motifs is 3. The van der Waals surface area contributed by atoms with Gasteiger partial charge in [-0.1, -0.05) is 0 Å². The van der Waals surface area contributed by atoms with Crippen LogP contribution in [-0.2, 0) is 14.9 Å². The number of morpholine rings is 1. The topological polar surface area (TPSA) is 90.2 Å². The van der Waals surface area contributed by atoms with Crippen LogP contribution in [0.4, 0.5) is 19.0 Å². The highest BCUT2D eigenvalue weighted by Gasteiger charge is 2.49. The third kappa shape index (κ3) is 3.23. The van der Waals surface area contributed by atoms with E-state index in [2.05, 4.69) is 9.17 Å². The molecule has 27 heavy (non-hydrogen) atoms. The molecule has 2 fully saturated rings. The first kappa shape index (κ1) is 18.0. The first-order valence-corrected chi connectivity index (χ1v) is 9.48. The summed E-state index contributed by atoms with van der Waals surface area (Å²) >= 11 is 0. The number of alkyl halides is 3. The summed E-state index contributed by atoms with van der Waals surface area (Å²) in [6.07, 6.45) is 3.03. The van der Waals surface area contributed by atoms with E-state index in [0.29, 0.717) is 13.1 Å². The monoisotopic (exact) mass is 405 g/mol. The molecule has 0 N–H and O–H groups in total. The van der Waals surface area contributed by atoms with Gasteiger partial charge in [-0.25, -0.2) is 4.98 Å². The Bertz CT molecular complexity index is 1040. The number of pyridine rings is 1. The second-order valence-electron chi connectivity index (χ2n) is 6.36. The number of ether oxygens (including phenoxy) is 1. The number of halogens is 3. The molecule has 0 spiro atoms. The molecule has 0 amide bonds. The van der Waals surface area contributed by atoms with Crippen LogP contribution in [0.15, 0.2) is 29.2 Å². The second-order valence-corrected chi connectivity index (χ2v) is 7.90. The summed E-state index contributed by atoms with van der Waals surface area (Å²) < 4.78 is 71.5. The average Bonchev–Trinajstić information content (AvgIpc) is 2.92. The van der Waals surface area contributed by atoms with E-state index in [0.717, 1.165) is 23.3 Å². The third-order valence-corrected chi connectivity index (χ3v) is 5.46. The normalized spacial score (nSPS) is 23.0. The Kier molecular flexibility index (Phi) is 4.07. The van der Waals surface area contributed by atoms with Gasteiger partial charge in [0.05, 0.1) is 12.2 Å². The predicted octanol–water partition coefficient (Wildman–Crippen LogP) is 1.29. The number of aromatic nitrogens is 2. The number of nitrogens with zero attached hydrogens (tertiary/aromatic N) is 3. The van der Waals surface area contributed by atoms with E-state index < -0.39 is 26.9 Å². The molecule has 2 aromatic heterocycles. The summed E-state index contributed by atoms with van der Waals surface area (Å²) in [5.74, 6) is -0.439. The van der Waals surface area contributed by atoms with E-state index in [9.17, 15) is 26.4 Å². The van der Waals surface area contributed by atoms with Crippen molar-refractivity contribution in [2.24, 2.45) is 0 Å². The van der Waals surface area contributed by atoms with Crippen LogP contribution in [0.2, 0.25) is 0 Å². The van der Waals surface area contributed by atoms with E-state index in [1.54, 1.807) is 0 Å². The Balaban J connectivity index is 1.78. The fraction of sp³-hybridized carbons (Fsp3) is 0.467. The summed E-state index contributed by atoms with van der Waals surface area (Å²) in [5.41, 5.74) is -6.48. The first-order valence-electron chi connectivity index (χ1n) is 8.08. The van der Waals surface area contributed by atoms with E-state index in [1.165, 1.54) is 18.3 Å². The largest absolute Gasteiger partial charge is 0.534 e. The zero-order valence-corrected chi connectivity index (χ0v) is 14.5. The molecule has 8 nitrogen and oxygen atoms in total. The maximum atomic E-state index is 12.6. The Hall–Kier alpha value is -2.34. The van der Waals surface area contributed by atoms with Gasteiger partial charge in [-0.15, -0.1) is 0 Å². The van der Waals surface area contributed by atoms with Gasteiger partial charge < -0.3 is 13.8 Å². The van der Waals surface area contributed by atoms with Gasteiger partial charge in [-0.05, 0) is 25.0 Å². The smallest absolute Gasteiger partial charge is 0.372 e. The number of anilines is 1. The van der Waals surface area contributed by atoms with Crippen LogP contribution >= 0.6 is 0 Å².